The summed E-state index contributed by atoms with van der Waals surface area (Å²) >= 11 is 6.33. The lowest BCUT2D eigenvalue weighted by molar-refractivity contribution is 0.0793. The van der Waals surface area contributed by atoms with Crippen LogP contribution in [0.3, 0.4) is 0 Å². The predicted molar refractivity (Wildman–Crippen MR) is 71.9 cm³/mol. The number of carbonyl (C=O) groups excluding carboxylic acids is 1. The van der Waals surface area contributed by atoms with E-state index < -0.39 is 0 Å². The van der Waals surface area contributed by atoms with Crippen molar-refractivity contribution in [2.75, 3.05) is 13.1 Å². The molecule has 1 saturated heterocycles. The van der Waals surface area contributed by atoms with E-state index in [4.69, 9.17) is 11.6 Å². The van der Waals surface area contributed by atoms with Gasteiger partial charge in [0, 0.05) is 24.7 Å². The number of hydrogen-bond acceptors (Lipinski definition) is 2. The van der Waals surface area contributed by atoms with Crippen LogP contribution in [0.15, 0.2) is 30.5 Å². The van der Waals surface area contributed by atoms with E-state index in [0.717, 1.165) is 36.8 Å². The van der Waals surface area contributed by atoms with E-state index in [1.54, 1.807) is 6.20 Å². The summed E-state index contributed by atoms with van der Waals surface area (Å²) in [5.74, 6) is -0.00393. The van der Waals surface area contributed by atoms with Gasteiger partial charge in [0.25, 0.3) is 5.91 Å². The maximum Gasteiger partial charge on any atom is 0.256 e. The Morgan fingerprint density at radius 2 is 1.94 bits per heavy atom. The van der Waals surface area contributed by atoms with E-state index in [1.807, 2.05) is 29.2 Å². The van der Waals surface area contributed by atoms with Crippen LogP contribution in [-0.2, 0) is 0 Å². The molecule has 2 aromatic rings. The standard InChI is InChI=1S/C14H13ClN2O/c15-13-10-5-1-2-6-12(10)16-9-11(13)14(18)17-7-3-4-8-17/h1-2,5-6,9H,3-4,7-8H2. The van der Waals surface area contributed by atoms with Crippen LogP contribution in [0, 0.1) is 0 Å². The monoisotopic (exact) mass is 260 g/mol. The quantitative estimate of drug-likeness (QED) is 0.789. The second kappa shape index (κ2) is 4.58. The molecule has 3 rings (SSSR count). The molecule has 0 unspecified atom stereocenters. The Bertz CT molecular complexity index is 606. The van der Waals surface area contributed by atoms with Gasteiger partial charge in [-0.3, -0.25) is 9.78 Å². The zero-order chi connectivity index (χ0) is 12.5. The van der Waals surface area contributed by atoms with E-state index in [9.17, 15) is 4.79 Å². The fraction of sp³-hybridized carbons (Fsp3) is 0.286. The zero-order valence-electron chi connectivity index (χ0n) is 9.90. The minimum absolute atomic E-state index is 0.00393. The molecular formula is C14H13ClN2O. The summed E-state index contributed by atoms with van der Waals surface area (Å²) in [5.41, 5.74) is 1.33. The molecule has 0 spiro atoms. The molecule has 1 aromatic carbocycles. The van der Waals surface area contributed by atoms with Gasteiger partial charge in [0.2, 0.25) is 0 Å². The average Bonchev–Trinajstić information content (AvgIpc) is 2.93. The molecular weight excluding hydrogens is 248 g/mol. The number of pyridine rings is 1. The normalized spacial score (nSPS) is 15.3. The highest BCUT2D eigenvalue weighted by molar-refractivity contribution is 6.38. The number of carbonyl (C=O) groups is 1. The Morgan fingerprint density at radius 1 is 1.22 bits per heavy atom. The summed E-state index contributed by atoms with van der Waals surface area (Å²) in [6, 6.07) is 7.60. The van der Waals surface area contributed by atoms with Crippen molar-refractivity contribution in [1.29, 1.82) is 0 Å². The van der Waals surface area contributed by atoms with Crippen LogP contribution in [0.2, 0.25) is 5.02 Å². The first-order valence-electron chi connectivity index (χ1n) is 6.10. The van der Waals surface area contributed by atoms with Gasteiger partial charge in [-0.05, 0) is 18.9 Å². The van der Waals surface area contributed by atoms with Gasteiger partial charge in [-0.15, -0.1) is 0 Å². The molecule has 2 heterocycles. The van der Waals surface area contributed by atoms with Crippen LogP contribution in [0.1, 0.15) is 23.2 Å². The number of rotatable bonds is 1. The number of hydrogen-bond donors (Lipinski definition) is 0. The molecule has 92 valence electrons. The first-order valence-corrected chi connectivity index (χ1v) is 6.47. The summed E-state index contributed by atoms with van der Waals surface area (Å²) in [7, 11) is 0. The van der Waals surface area contributed by atoms with Crippen LogP contribution < -0.4 is 0 Å². The number of benzene rings is 1. The molecule has 1 aliphatic heterocycles. The van der Waals surface area contributed by atoms with Crippen molar-refractivity contribution < 1.29 is 4.79 Å². The fourth-order valence-electron chi connectivity index (χ4n) is 2.35. The van der Waals surface area contributed by atoms with Crippen LogP contribution in [0.25, 0.3) is 10.9 Å². The summed E-state index contributed by atoms with van der Waals surface area (Å²) in [6.07, 6.45) is 3.74. The van der Waals surface area contributed by atoms with Gasteiger partial charge in [0.1, 0.15) is 0 Å². The number of halogens is 1. The average molecular weight is 261 g/mol. The highest BCUT2D eigenvalue weighted by atomic mass is 35.5. The maximum absolute atomic E-state index is 12.3. The van der Waals surface area contributed by atoms with Gasteiger partial charge in [0.15, 0.2) is 0 Å². The molecule has 1 aliphatic rings. The zero-order valence-corrected chi connectivity index (χ0v) is 10.7. The molecule has 18 heavy (non-hydrogen) atoms. The van der Waals surface area contributed by atoms with Crippen molar-refractivity contribution in [3.63, 3.8) is 0 Å². The van der Waals surface area contributed by atoms with Crippen molar-refractivity contribution in [2.24, 2.45) is 0 Å². The SMILES string of the molecule is O=C(c1cnc2ccccc2c1Cl)N1CCCC1. The predicted octanol–water partition coefficient (Wildman–Crippen LogP) is 3.12. The number of nitrogens with zero attached hydrogens (tertiary/aromatic N) is 2. The van der Waals surface area contributed by atoms with Crippen LogP contribution in [0.4, 0.5) is 0 Å². The Hall–Kier alpha value is -1.61. The van der Waals surface area contributed by atoms with E-state index in [1.165, 1.54) is 0 Å². The van der Waals surface area contributed by atoms with Crippen molar-refractivity contribution in [2.45, 2.75) is 12.8 Å². The fourth-order valence-corrected chi connectivity index (χ4v) is 2.64. The number of likely N-dealkylation sites (tertiary alicyclic amines) is 1. The van der Waals surface area contributed by atoms with E-state index in [2.05, 4.69) is 4.98 Å². The highest BCUT2D eigenvalue weighted by Gasteiger charge is 2.22. The molecule has 4 heteroatoms. The molecule has 0 bridgehead atoms. The largest absolute Gasteiger partial charge is 0.339 e. The van der Waals surface area contributed by atoms with Crippen LogP contribution >= 0.6 is 11.6 Å². The Morgan fingerprint density at radius 3 is 2.72 bits per heavy atom. The van der Waals surface area contributed by atoms with Gasteiger partial charge in [0.05, 0.1) is 16.1 Å². The molecule has 0 aliphatic carbocycles. The number of fused-ring (bicyclic) bond motifs is 1. The Balaban J connectivity index is 2.06. The number of para-hydroxylation sites is 1. The smallest absolute Gasteiger partial charge is 0.256 e. The molecule has 0 atom stereocenters. The summed E-state index contributed by atoms with van der Waals surface area (Å²) in [4.78, 5) is 18.5. The molecule has 1 amide bonds. The van der Waals surface area contributed by atoms with Gasteiger partial charge in [-0.2, -0.15) is 0 Å². The molecule has 0 N–H and O–H groups in total. The lowest BCUT2D eigenvalue weighted by Gasteiger charge is -2.16. The molecule has 3 nitrogen and oxygen atoms in total. The van der Waals surface area contributed by atoms with Crippen molar-refractivity contribution in [3.05, 3.63) is 41.0 Å². The Kier molecular flexibility index (Phi) is 2.92. The van der Waals surface area contributed by atoms with Crippen molar-refractivity contribution >= 4 is 28.4 Å². The molecule has 0 radical (unpaired) electrons. The second-order valence-electron chi connectivity index (χ2n) is 4.50. The van der Waals surface area contributed by atoms with Crippen molar-refractivity contribution in [1.82, 2.24) is 9.88 Å². The lowest BCUT2D eigenvalue weighted by Crippen LogP contribution is -2.28. The van der Waals surface area contributed by atoms with Crippen LogP contribution in [0.5, 0.6) is 0 Å². The second-order valence-corrected chi connectivity index (χ2v) is 4.88. The van der Waals surface area contributed by atoms with E-state index >= 15 is 0 Å². The van der Waals surface area contributed by atoms with Gasteiger partial charge in [-0.1, -0.05) is 29.8 Å². The van der Waals surface area contributed by atoms with Gasteiger partial charge in [-0.25, -0.2) is 0 Å². The minimum Gasteiger partial charge on any atom is -0.339 e. The third-order valence-corrected chi connectivity index (χ3v) is 3.74. The summed E-state index contributed by atoms with van der Waals surface area (Å²) in [5, 5.41) is 1.35. The van der Waals surface area contributed by atoms with E-state index in [-0.39, 0.29) is 5.91 Å². The van der Waals surface area contributed by atoms with Crippen LogP contribution in [-0.4, -0.2) is 28.9 Å². The topological polar surface area (TPSA) is 33.2 Å². The van der Waals surface area contributed by atoms with Gasteiger partial charge >= 0.3 is 0 Å². The third-order valence-electron chi connectivity index (χ3n) is 3.33. The summed E-state index contributed by atoms with van der Waals surface area (Å²) < 4.78 is 0. The number of amides is 1. The first kappa shape index (κ1) is 11.5. The minimum atomic E-state index is -0.00393. The molecule has 0 saturated carbocycles. The number of aromatic nitrogens is 1. The molecule has 1 fully saturated rings. The third kappa shape index (κ3) is 1.85. The maximum atomic E-state index is 12.3. The molecule has 1 aromatic heterocycles. The first-order chi connectivity index (χ1) is 8.77. The summed E-state index contributed by atoms with van der Waals surface area (Å²) in [6.45, 7) is 1.64. The highest BCUT2D eigenvalue weighted by Crippen LogP contribution is 2.27. The Labute approximate surface area is 110 Å². The van der Waals surface area contributed by atoms with Gasteiger partial charge < -0.3 is 4.90 Å². The van der Waals surface area contributed by atoms with Crippen molar-refractivity contribution in [3.8, 4) is 0 Å². The van der Waals surface area contributed by atoms with E-state index in [0.29, 0.717) is 10.6 Å². The lowest BCUT2D eigenvalue weighted by atomic mass is 10.1.